The van der Waals surface area contributed by atoms with E-state index in [0.717, 1.165) is 11.5 Å². The van der Waals surface area contributed by atoms with Gasteiger partial charge in [-0.2, -0.15) is 17.0 Å². The van der Waals surface area contributed by atoms with Crippen molar-refractivity contribution in [2.24, 2.45) is 0 Å². The molecule has 1 atom stereocenters. The molecule has 0 fully saturated rings. The molecule has 1 rings (SSSR count). The highest BCUT2D eigenvalue weighted by Crippen LogP contribution is 2.21. The summed E-state index contributed by atoms with van der Waals surface area (Å²) in [5.74, 6) is 2.27. The van der Waals surface area contributed by atoms with Crippen LogP contribution >= 0.6 is 23.4 Å². The predicted molar refractivity (Wildman–Crippen MR) is 63.0 cm³/mol. The fourth-order valence-electron chi connectivity index (χ4n) is 0.945. The van der Waals surface area contributed by atoms with Gasteiger partial charge in [0.15, 0.2) is 5.22 Å². The van der Waals surface area contributed by atoms with E-state index in [1.54, 1.807) is 24.9 Å². The maximum atomic E-state index is 8.92. The van der Waals surface area contributed by atoms with Crippen LogP contribution in [-0.4, -0.2) is 18.3 Å². The molecule has 15 heavy (non-hydrogen) atoms. The van der Waals surface area contributed by atoms with Crippen molar-refractivity contribution >= 4 is 23.4 Å². The summed E-state index contributed by atoms with van der Waals surface area (Å²) < 4.78 is 5.21. The van der Waals surface area contributed by atoms with Gasteiger partial charge in [-0.15, -0.1) is 0 Å². The van der Waals surface area contributed by atoms with Gasteiger partial charge in [-0.25, -0.2) is 0 Å². The Bertz CT molecular complexity index is 361. The molecule has 0 spiro atoms. The van der Waals surface area contributed by atoms with Gasteiger partial charge in [0.05, 0.1) is 11.8 Å². The summed E-state index contributed by atoms with van der Waals surface area (Å²) in [7, 11) is 1.79. The third kappa shape index (κ3) is 3.78. The van der Waals surface area contributed by atoms with Crippen molar-refractivity contribution in [2.45, 2.75) is 18.2 Å². The van der Waals surface area contributed by atoms with Gasteiger partial charge in [0.2, 0.25) is 0 Å². The molecule has 0 saturated heterocycles. The summed E-state index contributed by atoms with van der Waals surface area (Å²) in [5, 5.41) is 12.3. The molecule has 0 saturated carbocycles. The third-order valence-corrected chi connectivity index (χ3v) is 3.54. The van der Waals surface area contributed by atoms with Crippen LogP contribution in [0.5, 0.6) is 0 Å². The minimum atomic E-state index is -0.485. The van der Waals surface area contributed by atoms with Crippen molar-refractivity contribution < 1.29 is 4.42 Å². The summed E-state index contributed by atoms with van der Waals surface area (Å²) >= 11 is 7.28. The maximum Gasteiger partial charge on any atom is 0.193 e. The average Bonchev–Trinajstić information content (AvgIpc) is 2.64. The lowest BCUT2D eigenvalue weighted by Crippen LogP contribution is -2.40. The Labute approximate surface area is 98.8 Å². The van der Waals surface area contributed by atoms with Gasteiger partial charge in [-0.1, -0.05) is 0 Å². The van der Waals surface area contributed by atoms with Crippen LogP contribution in [0, 0.1) is 11.3 Å². The molecule has 0 bridgehead atoms. The van der Waals surface area contributed by atoms with Gasteiger partial charge in [0.25, 0.3) is 0 Å². The van der Waals surface area contributed by atoms with E-state index in [9.17, 15) is 0 Å². The second-order valence-corrected chi connectivity index (χ2v) is 4.75. The molecule has 0 radical (unpaired) electrons. The number of hydrogen-bond acceptors (Lipinski definition) is 4. The van der Waals surface area contributed by atoms with Crippen LogP contribution in [0.2, 0.25) is 5.22 Å². The largest absolute Gasteiger partial charge is 0.449 e. The minimum Gasteiger partial charge on any atom is -0.449 e. The molecule has 0 aromatic carbocycles. The van der Waals surface area contributed by atoms with Gasteiger partial charge in [0, 0.05) is 5.75 Å². The molecule has 1 unspecified atom stereocenters. The molecule has 0 aliphatic rings. The number of halogens is 1. The topological polar surface area (TPSA) is 49.0 Å². The van der Waals surface area contributed by atoms with Crippen molar-refractivity contribution in [1.29, 1.82) is 5.26 Å². The molecule has 3 nitrogen and oxygen atoms in total. The number of rotatable bonds is 5. The van der Waals surface area contributed by atoms with Crippen molar-refractivity contribution in [3.8, 4) is 6.07 Å². The lowest BCUT2D eigenvalue weighted by atomic mass is 10.1. The number of hydrogen-bond donors (Lipinski definition) is 1. The summed E-state index contributed by atoms with van der Waals surface area (Å²) in [5.41, 5.74) is -0.485. The van der Waals surface area contributed by atoms with Gasteiger partial charge < -0.3 is 9.73 Å². The maximum absolute atomic E-state index is 8.92. The van der Waals surface area contributed by atoms with Crippen LogP contribution in [0.4, 0.5) is 0 Å². The first-order valence-corrected chi connectivity index (χ1v) is 6.05. The highest BCUT2D eigenvalue weighted by molar-refractivity contribution is 7.98. The van der Waals surface area contributed by atoms with E-state index in [1.165, 1.54) is 0 Å². The molecular weight excluding hydrogens is 232 g/mol. The van der Waals surface area contributed by atoms with Crippen molar-refractivity contribution in [3.63, 3.8) is 0 Å². The second-order valence-electron chi connectivity index (χ2n) is 3.39. The lowest BCUT2D eigenvalue weighted by molar-refractivity contribution is 0.530. The van der Waals surface area contributed by atoms with Crippen LogP contribution in [0.25, 0.3) is 0 Å². The Morgan fingerprint density at radius 1 is 1.67 bits per heavy atom. The first kappa shape index (κ1) is 12.4. The molecule has 1 aromatic heterocycles. The van der Waals surface area contributed by atoms with Crippen LogP contribution < -0.4 is 5.32 Å². The van der Waals surface area contributed by atoms with E-state index in [0.29, 0.717) is 11.0 Å². The quantitative estimate of drug-likeness (QED) is 0.865. The predicted octanol–water partition coefficient (Wildman–Crippen LogP) is 2.67. The number of nitrogens with zero attached hydrogens (tertiary/aromatic N) is 1. The lowest BCUT2D eigenvalue weighted by Gasteiger charge is -2.19. The van der Waals surface area contributed by atoms with Gasteiger partial charge >= 0.3 is 0 Å². The van der Waals surface area contributed by atoms with E-state index < -0.39 is 5.54 Å². The van der Waals surface area contributed by atoms with E-state index >= 15 is 0 Å². The fraction of sp³-hybridized carbons (Fsp3) is 0.500. The zero-order valence-electron chi connectivity index (χ0n) is 8.71. The SMILES string of the molecule is CNC(C)(C#N)CSCc1ccc(Cl)o1. The molecule has 82 valence electrons. The molecule has 1 N–H and O–H groups in total. The van der Waals surface area contributed by atoms with Gasteiger partial charge in [0.1, 0.15) is 11.3 Å². The Morgan fingerprint density at radius 2 is 2.40 bits per heavy atom. The Morgan fingerprint density at radius 3 is 2.87 bits per heavy atom. The first-order chi connectivity index (χ1) is 7.09. The number of furan rings is 1. The van der Waals surface area contributed by atoms with E-state index in [1.807, 2.05) is 13.0 Å². The molecule has 0 aliphatic heterocycles. The number of nitrogens with one attached hydrogen (secondary N) is 1. The van der Waals surface area contributed by atoms with E-state index in [2.05, 4.69) is 11.4 Å². The minimum absolute atomic E-state index is 0.405. The Hall–Kier alpha value is -0.630. The van der Waals surface area contributed by atoms with Crippen LogP contribution in [0.15, 0.2) is 16.5 Å². The second kappa shape index (κ2) is 5.45. The number of thioether (sulfide) groups is 1. The molecule has 1 aromatic rings. The highest BCUT2D eigenvalue weighted by atomic mass is 35.5. The van der Waals surface area contributed by atoms with Gasteiger partial charge in [-0.05, 0) is 37.7 Å². The Kier molecular flexibility index (Phi) is 4.52. The monoisotopic (exact) mass is 244 g/mol. The molecule has 5 heteroatoms. The highest BCUT2D eigenvalue weighted by Gasteiger charge is 2.20. The summed E-state index contributed by atoms with van der Waals surface area (Å²) in [6.07, 6.45) is 0. The van der Waals surface area contributed by atoms with E-state index in [4.69, 9.17) is 21.3 Å². The Balaban J connectivity index is 2.37. The van der Waals surface area contributed by atoms with Crippen LogP contribution in [-0.2, 0) is 5.75 Å². The standard InChI is InChI=1S/C10H13ClN2OS/c1-10(6-12,13-2)7-15-5-8-3-4-9(11)14-8/h3-4,13H,5,7H2,1-2H3. The molecular formula is C10H13ClN2OS. The molecule has 0 amide bonds. The van der Waals surface area contributed by atoms with Crippen molar-refractivity contribution in [3.05, 3.63) is 23.1 Å². The zero-order valence-corrected chi connectivity index (χ0v) is 10.3. The van der Waals surface area contributed by atoms with Gasteiger partial charge in [-0.3, -0.25) is 0 Å². The fourth-order valence-corrected chi connectivity index (χ4v) is 2.18. The summed E-state index contributed by atoms with van der Waals surface area (Å²) in [4.78, 5) is 0. The molecule has 0 aliphatic carbocycles. The van der Waals surface area contributed by atoms with Crippen molar-refractivity contribution in [1.82, 2.24) is 5.32 Å². The normalized spacial score (nSPS) is 14.5. The average molecular weight is 245 g/mol. The van der Waals surface area contributed by atoms with E-state index in [-0.39, 0.29) is 0 Å². The van der Waals surface area contributed by atoms with Crippen molar-refractivity contribution in [2.75, 3.05) is 12.8 Å². The summed E-state index contributed by atoms with van der Waals surface area (Å²) in [6, 6.07) is 5.80. The third-order valence-electron chi connectivity index (χ3n) is 2.06. The first-order valence-electron chi connectivity index (χ1n) is 4.52. The van der Waals surface area contributed by atoms with Crippen LogP contribution in [0.1, 0.15) is 12.7 Å². The molecule has 1 heterocycles. The smallest absolute Gasteiger partial charge is 0.193 e. The zero-order chi connectivity index (χ0) is 11.3. The van der Waals surface area contributed by atoms with Crippen LogP contribution in [0.3, 0.4) is 0 Å². The number of nitriles is 1. The summed E-state index contributed by atoms with van der Waals surface area (Å²) in [6.45, 7) is 1.87.